The van der Waals surface area contributed by atoms with E-state index < -0.39 is 4.92 Å². The second-order valence-corrected chi connectivity index (χ2v) is 3.91. The molecule has 0 saturated carbocycles. The smallest absolute Gasteiger partial charge is 0.308 e. The molecule has 0 aliphatic heterocycles. The molecule has 1 rings (SSSR count). The highest BCUT2D eigenvalue weighted by Gasteiger charge is 2.08. The van der Waals surface area contributed by atoms with Crippen molar-refractivity contribution in [3.8, 4) is 0 Å². The third-order valence-corrected chi connectivity index (χ3v) is 2.08. The second kappa shape index (κ2) is 6.53. The van der Waals surface area contributed by atoms with E-state index >= 15 is 0 Å². The summed E-state index contributed by atoms with van der Waals surface area (Å²) >= 11 is 0. The number of nitro groups is 1. The third kappa shape index (κ3) is 4.36. The first kappa shape index (κ1) is 13.9. The molecular weight excluding hydrogens is 238 g/mol. The summed E-state index contributed by atoms with van der Waals surface area (Å²) in [6.07, 6.45) is 1.17. The van der Waals surface area contributed by atoms with Gasteiger partial charge in [0, 0.05) is 6.07 Å². The highest BCUT2D eigenvalue weighted by atomic mass is 16.6. The number of hydrogen-bond acceptors (Lipinski definition) is 6. The predicted octanol–water partition coefficient (Wildman–Crippen LogP) is 1.60. The Morgan fingerprint density at radius 3 is 2.78 bits per heavy atom. The van der Waals surface area contributed by atoms with Crippen LogP contribution >= 0.6 is 0 Å². The average Bonchev–Trinajstić information content (AvgIpc) is 2.34. The van der Waals surface area contributed by atoms with E-state index in [0.717, 1.165) is 0 Å². The zero-order valence-electron chi connectivity index (χ0n) is 10.3. The molecule has 0 aliphatic rings. The van der Waals surface area contributed by atoms with E-state index in [-0.39, 0.29) is 24.2 Å². The molecule has 1 aromatic rings. The molecule has 7 heteroatoms. The van der Waals surface area contributed by atoms with Gasteiger partial charge in [0.2, 0.25) is 0 Å². The van der Waals surface area contributed by atoms with Gasteiger partial charge in [-0.3, -0.25) is 14.9 Å². The van der Waals surface area contributed by atoms with Crippen LogP contribution in [0.5, 0.6) is 0 Å². The van der Waals surface area contributed by atoms with Crippen LogP contribution in [0.25, 0.3) is 0 Å². The van der Waals surface area contributed by atoms with Gasteiger partial charge in [0.05, 0.1) is 17.4 Å². The number of hydrogen-bond donors (Lipinski definition) is 1. The Hall–Kier alpha value is -2.18. The minimum atomic E-state index is -0.513. The number of rotatable bonds is 6. The zero-order chi connectivity index (χ0) is 13.5. The van der Waals surface area contributed by atoms with Crippen LogP contribution in [0.2, 0.25) is 0 Å². The van der Waals surface area contributed by atoms with E-state index in [2.05, 4.69) is 10.3 Å². The molecule has 1 heterocycles. The van der Waals surface area contributed by atoms with Crippen molar-refractivity contribution >= 4 is 17.5 Å². The number of carbonyl (C=O) groups is 1. The van der Waals surface area contributed by atoms with Crippen LogP contribution in [-0.2, 0) is 9.53 Å². The molecule has 0 unspecified atom stereocenters. The highest BCUT2D eigenvalue weighted by molar-refractivity contribution is 5.71. The fraction of sp³-hybridized carbons (Fsp3) is 0.455. The Bertz CT molecular complexity index is 417. The first-order chi connectivity index (χ1) is 8.50. The molecule has 0 aromatic carbocycles. The standard InChI is InChI=1S/C11H15N3O4/c1-8(2)11(15)18-6-5-12-10-4-3-9(7-13-10)14(16)17/h3-4,7-8H,5-6H2,1-2H3,(H,12,13). The van der Waals surface area contributed by atoms with Gasteiger partial charge in [0.1, 0.15) is 18.6 Å². The number of nitrogens with zero attached hydrogens (tertiary/aromatic N) is 2. The Labute approximate surface area is 104 Å². The van der Waals surface area contributed by atoms with Gasteiger partial charge in [0.25, 0.3) is 5.69 Å². The number of anilines is 1. The maximum Gasteiger partial charge on any atom is 0.308 e. The molecule has 7 nitrogen and oxygen atoms in total. The van der Waals surface area contributed by atoms with Gasteiger partial charge in [0.15, 0.2) is 0 Å². The van der Waals surface area contributed by atoms with E-state index in [1.165, 1.54) is 18.3 Å². The molecule has 0 bridgehead atoms. The lowest BCUT2D eigenvalue weighted by Gasteiger charge is -2.08. The van der Waals surface area contributed by atoms with Gasteiger partial charge in [-0.15, -0.1) is 0 Å². The number of esters is 1. The molecule has 0 amide bonds. The molecule has 18 heavy (non-hydrogen) atoms. The first-order valence-corrected chi connectivity index (χ1v) is 5.51. The first-order valence-electron chi connectivity index (χ1n) is 5.51. The fourth-order valence-electron chi connectivity index (χ4n) is 1.10. The van der Waals surface area contributed by atoms with Crippen molar-refractivity contribution in [1.29, 1.82) is 0 Å². The third-order valence-electron chi connectivity index (χ3n) is 2.08. The minimum Gasteiger partial charge on any atom is -0.464 e. The summed E-state index contributed by atoms with van der Waals surface area (Å²) in [5.41, 5.74) is -0.0632. The molecule has 0 aliphatic carbocycles. The Balaban J connectivity index is 2.31. The number of ether oxygens (including phenoxy) is 1. The molecule has 0 atom stereocenters. The minimum absolute atomic E-state index is 0.0632. The van der Waals surface area contributed by atoms with Crippen molar-refractivity contribution in [2.75, 3.05) is 18.5 Å². The topological polar surface area (TPSA) is 94.4 Å². The van der Waals surface area contributed by atoms with Gasteiger partial charge in [-0.2, -0.15) is 0 Å². The molecule has 0 radical (unpaired) electrons. The van der Waals surface area contributed by atoms with Crippen molar-refractivity contribution in [2.45, 2.75) is 13.8 Å². The zero-order valence-corrected chi connectivity index (χ0v) is 10.3. The van der Waals surface area contributed by atoms with Crippen LogP contribution in [0.15, 0.2) is 18.3 Å². The monoisotopic (exact) mass is 253 g/mol. The van der Waals surface area contributed by atoms with Crippen LogP contribution in [0, 0.1) is 16.0 Å². The molecule has 0 saturated heterocycles. The van der Waals surface area contributed by atoms with E-state index in [9.17, 15) is 14.9 Å². The van der Waals surface area contributed by atoms with Gasteiger partial charge in [-0.05, 0) is 6.07 Å². The van der Waals surface area contributed by atoms with E-state index in [1.807, 2.05) is 0 Å². The number of carbonyl (C=O) groups excluding carboxylic acids is 1. The van der Waals surface area contributed by atoms with Crippen molar-refractivity contribution < 1.29 is 14.5 Å². The van der Waals surface area contributed by atoms with Crippen LogP contribution in [-0.4, -0.2) is 29.0 Å². The van der Waals surface area contributed by atoms with Crippen LogP contribution in [0.1, 0.15) is 13.8 Å². The quantitative estimate of drug-likeness (QED) is 0.358. The van der Waals surface area contributed by atoms with Gasteiger partial charge in [-0.1, -0.05) is 13.8 Å². The molecule has 1 N–H and O–H groups in total. The van der Waals surface area contributed by atoms with Crippen LogP contribution in [0.4, 0.5) is 11.5 Å². The van der Waals surface area contributed by atoms with E-state index in [0.29, 0.717) is 12.4 Å². The fourth-order valence-corrected chi connectivity index (χ4v) is 1.10. The highest BCUT2D eigenvalue weighted by Crippen LogP contribution is 2.11. The van der Waals surface area contributed by atoms with Crippen molar-refractivity contribution in [2.24, 2.45) is 5.92 Å². The summed E-state index contributed by atoms with van der Waals surface area (Å²) in [4.78, 5) is 24.9. The Kier molecular flexibility index (Phi) is 5.04. The SMILES string of the molecule is CC(C)C(=O)OCCNc1ccc([N+](=O)[O-])cn1. The second-order valence-electron chi connectivity index (χ2n) is 3.91. The summed E-state index contributed by atoms with van der Waals surface area (Å²) in [5, 5.41) is 13.3. The lowest BCUT2D eigenvalue weighted by atomic mass is 10.2. The average molecular weight is 253 g/mol. The summed E-state index contributed by atoms with van der Waals surface area (Å²) < 4.78 is 4.95. The predicted molar refractivity (Wildman–Crippen MR) is 65.2 cm³/mol. The van der Waals surface area contributed by atoms with E-state index in [1.54, 1.807) is 13.8 Å². The summed E-state index contributed by atoms with van der Waals surface area (Å²) in [6, 6.07) is 2.86. The molecule has 0 spiro atoms. The molecule has 1 aromatic heterocycles. The molecule has 0 fully saturated rings. The summed E-state index contributed by atoms with van der Waals surface area (Å²) in [7, 11) is 0. The number of aromatic nitrogens is 1. The largest absolute Gasteiger partial charge is 0.464 e. The number of nitrogens with one attached hydrogen (secondary N) is 1. The number of pyridine rings is 1. The van der Waals surface area contributed by atoms with Gasteiger partial charge >= 0.3 is 5.97 Å². The lowest BCUT2D eigenvalue weighted by molar-refractivity contribution is -0.385. The van der Waals surface area contributed by atoms with Gasteiger partial charge < -0.3 is 10.1 Å². The van der Waals surface area contributed by atoms with Gasteiger partial charge in [-0.25, -0.2) is 4.98 Å². The normalized spacial score (nSPS) is 10.2. The molecular formula is C11H15N3O4. The summed E-state index contributed by atoms with van der Waals surface area (Å²) in [6.45, 7) is 4.15. The van der Waals surface area contributed by atoms with Crippen molar-refractivity contribution in [3.63, 3.8) is 0 Å². The van der Waals surface area contributed by atoms with E-state index in [4.69, 9.17) is 4.74 Å². The van der Waals surface area contributed by atoms with Crippen LogP contribution < -0.4 is 5.32 Å². The van der Waals surface area contributed by atoms with Crippen molar-refractivity contribution in [3.05, 3.63) is 28.4 Å². The summed E-state index contributed by atoms with van der Waals surface area (Å²) in [5.74, 6) is 0.0946. The molecule has 98 valence electrons. The lowest BCUT2D eigenvalue weighted by Crippen LogP contribution is -2.17. The Morgan fingerprint density at radius 2 is 2.28 bits per heavy atom. The Morgan fingerprint density at radius 1 is 1.56 bits per heavy atom. The maximum absolute atomic E-state index is 11.1. The van der Waals surface area contributed by atoms with Crippen LogP contribution in [0.3, 0.4) is 0 Å². The van der Waals surface area contributed by atoms with Crippen molar-refractivity contribution in [1.82, 2.24) is 4.98 Å². The maximum atomic E-state index is 11.1.